The zero-order chi connectivity index (χ0) is 15.4. The lowest BCUT2D eigenvalue weighted by atomic mass is 9.88. The molecule has 0 saturated carbocycles. The molecule has 4 heteroatoms. The first-order valence-electron chi connectivity index (χ1n) is 7.75. The van der Waals surface area contributed by atoms with E-state index in [2.05, 4.69) is 18.7 Å². The third-order valence-corrected chi connectivity index (χ3v) is 4.70. The predicted molar refractivity (Wildman–Crippen MR) is 81.9 cm³/mol. The Morgan fingerprint density at radius 1 is 1.38 bits per heavy atom. The number of benzene rings is 1. The molecule has 0 bridgehead atoms. The van der Waals surface area contributed by atoms with Crippen molar-refractivity contribution in [2.45, 2.75) is 32.8 Å². The maximum Gasteiger partial charge on any atom is 0.132 e. The summed E-state index contributed by atoms with van der Waals surface area (Å²) in [6.45, 7) is 7.47. The van der Waals surface area contributed by atoms with Gasteiger partial charge >= 0.3 is 0 Å². The second-order valence-corrected chi connectivity index (χ2v) is 6.20. The van der Waals surface area contributed by atoms with Crippen molar-refractivity contribution in [1.29, 1.82) is 0 Å². The smallest absolute Gasteiger partial charge is 0.132 e. The van der Waals surface area contributed by atoms with Crippen molar-refractivity contribution >= 4 is 0 Å². The molecule has 1 saturated heterocycles. The SMILES string of the molecule is COc1cccc(F)c1C(O)CCN1CCC(C)C(C)C1. The summed E-state index contributed by atoms with van der Waals surface area (Å²) >= 11 is 0. The third kappa shape index (κ3) is 3.95. The van der Waals surface area contributed by atoms with Crippen molar-refractivity contribution in [3.8, 4) is 5.75 Å². The van der Waals surface area contributed by atoms with E-state index in [1.54, 1.807) is 12.1 Å². The molecule has 0 radical (unpaired) electrons. The van der Waals surface area contributed by atoms with E-state index in [0.717, 1.165) is 25.6 Å². The second kappa shape index (κ2) is 7.23. The summed E-state index contributed by atoms with van der Waals surface area (Å²) in [7, 11) is 1.50. The number of hydrogen-bond acceptors (Lipinski definition) is 3. The summed E-state index contributed by atoms with van der Waals surface area (Å²) in [5.74, 6) is 1.46. The number of aliphatic hydroxyl groups is 1. The van der Waals surface area contributed by atoms with Gasteiger partial charge in [-0.3, -0.25) is 0 Å². The lowest BCUT2D eigenvalue weighted by Gasteiger charge is -2.35. The summed E-state index contributed by atoms with van der Waals surface area (Å²) in [5.41, 5.74) is 0.276. The van der Waals surface area contributed by atoms with Gasteiger partial charge in [0, 0.05) is 13.1 Å². The van der Waals surface area contributed by atoms with Gasteiger partial charge in [0.25, 0.3) is 0 Å². The Hall–Kier alpha value is -1.13. The van der Waals surface area contributed by atoms with E-state index in [1.807, 2.05) is 0 Å². The minimum Gasteiger partial charge on any atom is -0.496 e. The van der Waals surface area contributed by atoms with E-state index >= 15 is 0 Å². The maximum atomic E-state index is 13.9. The predicted octanol–water partition coefficient (Wildman–Crippen LogP) is 3.24. The van der Waals surface area contributed by atoms with Crippen LogP contribution < -0.4 is 4.74 Å². The summed E-state index contributed by atoms with van der Waals surface area (Å²) in [6.07, 6.45) is 0.898. The Balaban J connectivity index is 1.95. The molecule has 118 valence electrons. The number of ether oxygens (including phenoxy) is 1. The second-order valence-electron chi connectivity index (χ2n) is 6.20. The molecule has 3 unspecified atom stereocenters. The monoisotopic (exact) mass is 295 g/mol. The Morgan fingerprint density at radius 3 is 2.81 bits per heavy atom. The van der Waals surface area contributed by atoms with Gasteiger partial charge in [0.05, 0.1) is 18.8 Å². The highest BCUT2D eigenvalue weighted by Gasteiger charge is 2.24. The molecule has 1 aromatic carbocycles. The minimum atomic E-state index is -0.823. The number of aliphatic hydroxyl groups excluding tert-OH is 1. The highest BCUT2D eigenvalue weighted by molar-refractivity contribution is 5.36. The number of nitrogens with zero attached hydrogens (tertiary/aromatic N) is 1. The van der Waals surface area contributed by atoms with E-state index in [-0.39, 0.29) is 5.56 Å². The lowest BCUT2D eigenvalue weighted by molar-refractivity contribution is 0.0998. The number of piperidine rings is 1. The van der Waals surface area contributed by atoms with Gasteiger partial charge in [-0.25, -0.2) is 4.39 Å². The largest absolute Gasteiger partial charge is 0.496 e. The molecule has 21 heavy (non-hydrogen) atoms. The zero-order valence-corrected chi connectivity index (χ0v) is 13.2. The summed E-state index contributed by atoms with van der Waals surface area (Å²) < 4.78 is 19.1. The molecule has 2 rings (SSSR count). The molecule has 1 aliphatic heterocycles. The van der Waals surface area contributed by atoms with Crippen LogP contribution in [0.15, 0.2) is 18.2 Å². The van der Waals surface area contributed by atoms with Crippen LogP contribution in [0.5, 0.6) is 5.75 Å². The van der Waals surface area contributed by atoms with Crippen molar-refractivity contribution in [1.82, 2.24) is 4.90 Å². The molecule has 0 aromatic heterocycles. The van der Waals surface area contributed by atoms with Gasteiger partial charge in [0.2, 0.25) is 0 Å². The van der Waals surface area contributed by atoms with E-state index in [0.29, 0.717) is 18.1 Å². The van der Waals surface area contributed by atoms with Crippen LogP contribution in [0.1, 0.15) is 38.4 Å². The van der Waals surface area contributed by atoms with Crippen molar-refractivity contribution in [2.24, 2.45) is 11.8 Å². The zero-order valence-electron chi connectivity index (χ0n) is 13.2. The molecule has 1 aliphatic rings. The first-order valence-corrected chi connectivity index (χ1v) is 7.75. The van der Waals surface area contributed by atoms with Crippen molar-refractivity contribution in [3.63, 3.8) is 0 Å². The van der Waals surface area contributed by atoms with Crippen LogP contribution in [0, 0.1) is 17.7 Å². The normalized spacial score (nSPS) is 24.8. The maximum absolute atomic E-state index is 13.9. The fraction of sp³-hybridized carbons (Fsp3) is 0.647. The van der Waals surface area contributed by atoms with Gasteiger partial charge in [-0.1, -0.05) is 19.9 Å². The van der Waals surface area contributed by atoms with Gasteiger partial charge in [0.15, 0.2) is 0 Å². The Morgan fingerprint density at radius 2 is 2.14 bits per heavy atom. The van der Waals surface area contributed by atoms with E-state index in [4.69, 9.17) is 4.74 Å². The van der Waals surface area contributed by atoms with Crippen molar-refractivity contribution in [2.75, 3.05) is 26.7 Å². The molecule has 1 N–H and O–H groups in total. The van der Waals surface area contributed by atoms with Gasteiger partial charge in [-0.05, 0) is 43.4 Å². The molecular formula is C17H26FNO2. The first kappa shape index (κ1) is 16.2. The number of rotatable bonds is 5. The molecule has 3 nitrogen and oxygen atoms in total. The fourth-order valence-electron chi connectivity index (χ4n) is 3.02. The standard InChI is InChI=1S/C17H26FNO2/c1-12-7-9-19(11-13(12)2)10-8-15(20)17-14(18)5-4-6-16(17)21-3/h4-6,12-13,15,20H,7-11H2,1-3H3. The van der Waals surface area contributed by atoms with E-state index in [1.165, 1.54) is 19.6 Å². The molecule has 1 heterocycles. The summed E-state index contributed by atoms with van der Waals surface area (Å²) in [5, 5.41) is 10.3. The van der Waals surface area contributed by atoms with Crippen LogP contribution in [0.4, 0.5) is 4.39 Å². The van der Waals surface area contributed by atoms with Gasteiger partial charge in [-0.15, -0.1) is 0 Å². The first-order chi connectivity index (χ1) is 10.0. The molecular weight excluding hydrogens is 269 g/mol. The Bertz CT molecular complexity index is 466. The van der Waals surface area contributed by atoms with Crippen molar-refractivity contribution < 1.29 is 14.2 Å². The quantitative estimate of drug-likeness (QED) is 0.905. The lowest BCUT2D eigenvalue weighted by Crippen LogP contribution is -2.39. The molecule has 0 aliphatic carbocycles. The van der Waals surface area contributed by atoms with Gasteiger partial charge in [-0.2, -0.15) is 0 Å². The van der Waals surface area contributed by atoms with Crippen LogP contribution in [0.25, 0.3) is 0 Å². The number of halogens is 1. The van der Waals surface area contributed by atoms with Crippen LogP contribution in [0.2, 0.25) is 0 Å². The average Bonchev–Trinajstić information content (AvgIpc) is 2.47. The number of hydrogen-bond donors (Lipinski definition) is 1. The van der Waals surface area contributed by atoms with E-state index < -0.39 is 11.9 Å². The molecule has 1 fully saturated rings. The van der Waals surface area contributed by atoms with Crippen LogP contribution in [-0.2, 0) is 0 Å². The number of likely N-dealkylation sites (tertiary alicyclic amines) is 1. The summed E-state index contributed by atoms with van der Waals surface area (Å²) in [4.78, 5) is 2.36. The molecule has 3 atom stereocenters. The van der Waals surface area contributed by atoms with Gasteiger partial charge in [0.1, 0.15) is 11.6 Å². The molecule has 0 spiro atoms. The van der Waals surface area contributed by atoms with Crippen LogP contribution >= 0.6 is 0 Å². The Labute approximate surface area is 126 Å². The van der Waals surface area contributed by atoms with E-state index in [9.17, 15) is 9.50 Å². The summed E-state index contributed by atoms with van der Waals surface area (Å²) in [6, 6.07) is 4.65. The van der Waals surface area contributed by atoms with Crippen LogP contribution in [0.3, 0.4) is 0 Å². The molecule has 1 aromatic rings. The topological polar surface area (TPSA) is 32.7 Å². The van der Waals surface area contributed by atoms with Gasteiger partial charge < -0.3 is 14.7 Å². The highest BCUT2D eigenvalue weighted by Crippen LogP contribution is 2.30. The Kier molecular flexibility index (Phi) is 5.59. The fourth-order valence-corrected chi connectivity index (χ4v) is 3.02. The minimum absolute atomic E-state index is 0.276. The van der Waals surface area contributed by atoms with Crippen LogP contribution in [-0.4, -0.2) is 36.8 Å². The highest BCUT2D eigenvalue weighted by atomic mass is 19.1. The number of methoxy groups -OCH3 is 1. The molecule has 0 amide bonds. The average molecular weight is 295 g/mol. The van der Waals surface area contributed by atoms with Crippen molar-refractivity contribution in [3.05, 3.63) is 29.6 Å². The third-order valence-electron chi connectivity index (χ3n) is 4.70.